The van der Waals surface area contributed by atoms with E-state index in [1.807, 2.05) is 13.8 Å². The number of fused-ring (bicyclic) bond motifs is 4. The van der Waals surface area contributed by atoms with Crippen molar-refractivity contribution in [3.8, 4) is 0 Å². The van der Waals surface area contributed by atoms with E-state index < -0.39 is 247 Å². The molecule has 45 nitrogen and oxygen atoms in total. The zero-order valence-electron chi connectivity index (χ0n) is 78.6. The van der Waals surface area contributed by atoms with Crippen molar-refractivity contribution in [3.05, 3.63) is 126 Å². The van der Waals surface area contributed by atoms with E-state index in [0.717, 1.165) is 36.3 Å². The molecule has 6 aromatic rings. The summed E-state index contributed by atoms with van der Waals surface area (Å²) in [5.74, 6) is -18.9. The number of hydrogen-bond acceptors (Lipinski definition) is 23. The molecule has 6 heterocycles. The third-order valence-corrected chi connectivity index (χ3v) is 25.7. The number of aromatic amines is 3. The Bertz CT molecular complexity index is 5360. The molecule has 2 unspecified atom stereocenters. The van der Waals surface area contributed by atoms with Crippen LogP contribution in [0.1, 0.15) is 151 Å². The van der Waals surface area contributed by atoms with Crippen LogP contribution in [0.4, 0.5) is 0 Å². The summed E-state index contributed by atoms with van der Waals surface area (Å²) in [6, 6.07) is -2.41. The van der Waals surface area contributed by atoms with Crippen molar-refractivity contribution in [1.82, 2.24) is 103 Å². The van der Waals surface area contributed by atoms with Crippen LogP contribution in [0.5, 0.6) is 0 Å². The molecule has 18 amide bonds. The number of carbonyl (C=O) groups excluding carboxylic acids is 18. The number of aliphatic hydroxyl groups excluding tert-OH is 2. The molecule has 0 bridgehead atoms. The van der Waals surface area contributed by atoms with Gasteiger partial charge in [-0.15, -0.1) is 11.8 Å². The largest absolute Gasteiger partial charge is 0.394 e. The topological polar surface area (TPSA) is 684 Å². The molecule has 46 heteroatoms. The SMILES string of the molecule is CCCC[C@H]1C(=O)N(C)[C@@H](CCCC)C(=O)N[C@@H](CCCNC(=N)N)C(=O)N[C@H](C(=O)NCC(N)=O)CSCC(=O)N[C@@H](Cc2ccc(C(N)=O)cc2)C(=O)N(C)[C@@H](C)C(=O)NC(CC(N)=O)C(=O)N2CCC[C@H]2C(=O)N[C@@H](Cc2cnc[nH]2)C(=O)N[C@@H](CC(C)C)C(=O)N2C[C@H](O)CC2C(=O)N[C@@H](Cc2c[nH]c3ccccc23)C(=O)N[C@@H](CO)C(=O)N[C@@H](Cc2c[nH]c3ccccc23)C(=O)N1C. The molecule has 9 rings (SSSR count). The fourth-order valence-electron chi connectivity index (χ4n) is 17.0. The van der Waals surface area contributed by atoms with Crippen LogP contribution >= 0.6 is 11.8 Å². The Balaban J connectivity index is 1.11. The maximum Gasteiger partial charge on any atom is 0.248 e. The smallest absolute Gasteiger partial charge is 0.248 e. The van der Waals surface area contributed by atoms with Gasteiger partial charge in [0.15, 0.2) is 5.96 Å². The number of aromatic nitrogens is 4. The molecule has 0 spiro atoms. The van der Waals surface area contributed by atoms with Crippen LogP contribution in [0.3, 0.4) is 0 Å². The lowest BCUT2D eigenvalue weighted by atomic mass is 10.00. The Morgan fingerprint density at radius 2 is 1.08 bits per heavy atom. The van der Waals surface area contributed by atoms with Gasteiger partial charge in [-0.25, -0.2) is 4.98 Å². The van der Waals surface area contributed by atoms with Crippen LogP contribution in [-0.4, -0.2) is 323 Å². The molecule has 25 N–H and O–H groups in total. The highest BCUT2D eigenvalue weighted by Crippen LogP contribution is 2.28. The fourth-order valence-corrected chi connectivity index (χ4v) is 17.8. The number of para-hydroxylation sites is 2. The second-order valence-corrected chi connectivity index (χ2v) is 36.4. The van der Waals surface area contributed by atoms with Crippen LogP contribution < -0.4 is 81.4 Å². The van der Waals surface area contributed by atoms with E-state index in [4.69, 9.17) is 28.3 Å². The van der Waals surface area contributed by atoms with Crippen molar-refractivity contribution in [2.45, 2.75) is 234 Å². The first-order valence-corrected chi connectivity index (χ1v) is 47.2. The molecule has 3 saturated heterocycles. The molecular formula is C92H129N25O20S. The molecule has 3 fully saturated rings. The van der Waals surface area contributed by atoms with E-state index in [1.165, 1.54) is 64.9 Å². The van der Waals surface area contributed by atoms with Crippen LogP contribution in [0.25, 0.3) is 21.8 Å². The van der Waals surface area contributed by atoms with Gasteiger partial charge in [-0.3, -0.25) is 91.7 Å². The van der Waals surface area contributed by atoms with Gasteiger partial charge in [0, 0.05) is 130 Å². The molecule has 0 saturated carbocycles. The fraction of sp³-hybridized carbons (Fsp3) is 0.522. The number of carbonyl (C=O) groups is 18. The van der Waals surface area contributed by atoms with Crippen molar-refractivity contribution in [2.24, 2.45) is 28.9 Å². The number of nitrogens with two attached hydrogens (primary N) is 4. The number of nitrogens with one attached hydrogen (secondary N) is 15. The van der Waals surface area contributed by atoms with Gasteiger partial charge in [-0.2, -0.15) is 0 Å². The minimum Gasteiger partial charge on any atom is -0.394 e. The number of thioether (sulfide) groups is 1. The van der Waals surface area contributed by atoms with Crippen LogP contribution in [0.2, 0.25) is 0 Å². The first-order chi connectivity index (χ1) is 65.7. The summed E-state index contributed by atoms with van der Waals surface area (Å²) in [6.07, 6.45) is 3.46. The minimum atomic E-state index is -1.90. The number of primary amides is 3. The third kappa shape index (κ3) is 29.7. The molecule has 3 aromatic heterocycles. The number of imidazole rings is 1. The molecule has 0 radical (unpaired) electrons. The lowest BCUT2D eigenvalue weighted by Gasteiger charge is -2.36. The Kier molecular flexibility index (Phi) is 39.9. The Hall–Kier alpha value is -14.1. The summed E-state index contributed by atoms with van der Waals surface area (Å²) in [6.45, 7) is 5.94. The van der Waals surface area contributed by atoms with Gasteiger partial charge in [-0.05, 0) is 98.7 Å². The molecular weight excluding hydrogens is 1810 g/mol. The lowest BCUT2D eigenvalue weighted by Crippen LogP contribution is -2.62. The first kappa shape index (κ1) is 108. The van der Waals surface area contributed by atoms with E-state index in [-0.39, 0.29) is 95.2 Å². The average molecular weight is 1940 g/mol. The number of guanidine groups is 1. The quantitative estimate of drug-likeness (QED) is 0.0135. The highest BCUT2D eigenvalue weighted by Gasteiger charge is 2.47. The number of aliphatic hydroxyl groups is 2. The van der Waals surface area contributed by atoms with E-state index >= 15 is 38.4 Å². The number of likely N-dealkylation sites (N-methyl/N-ethyl adjacent to an activating group) is 3. The average Bonchev–Trinajstić information content (AvgIpc) is 1.59. The van der Waals surface area contributed by atoms with E-state index in [0.29, 0.717) is 69.9 Å². The van der Waals surface area contributed by atoms with Gasteiger partial charge in [0.1, 0.15) is 84.6 Å². The number of rotatable bonds is 27. The van der Waals surface area contributed by atoms with Crippen molar-refractivity contribution < 1.29 is 96.5 Å². The van der Waals surface area contributed by atoms with Crippen molar-refractivity contribution in [1.29, 1.82) is 5.41 Å². The molecule has 138 heavy (non-hydrogen) atoms. The predicted molar refractivity (Wildman–Crippen MR) is 507 cm³/mol. The van der Waals surface area contributed by atoms with Gasteiger partial charge in [0.05, 0.1) is 37.8 Å². The van der Waals surface area contributed by atoms with Crippen molar-refractivity contribution >= 4 is 146 Å². The summed E-state index contributed by atoms with van der Waals surface area (Å²) in [7, 11) is 3.88. The number of hydrogen-bond donors (Lipinski definition) is 21. The second kappa shape index (κ2) is 51.2. The Morgan fingerprint density at radius 1 is 0.543 bits per heavy atom. The van der Waals surface area contributed by atoms with Gasteiger partial charge < -0.3 is 131 Å². The second-order valence-electron chi connectivity index (χ2n) is 35.4. The summed E-state index contributed by atoms with van der Waals surface area (Å²) in [5.41, 5.74) is 25.3. The van der Waals surface area contributed by atoms with Crippen molar-refractivity contribution in [2.75, 3.05) is 65.4 Å². The summed E-state index contributed by atoms with van der Waals surface area (Å²) >= 11 is 0.745. The molecule has 15 atom stereocenters. The third-order valence-electron chi connectivity index (χ3n) is 24.6. The standard InChI is InChI=1S/C92H129N25O20S/c1-9-11-24-70-84(130)105-61(23-17-31-99-92(96)97)80(126)112-69(79(125)102-43-75(94)121)46-138-47-76(122)104-65(34-51-27-29-52(30-28-51)77(95)123)87(133)113(6)50(5)78(124)108-67(39-74(93)120)89(135)116-32-18-26-71(116)85(131)107-63(37-55-42-98-48-103-55)82(128)109-64(33-49(3)4)90(136)117-44-56(119)38-73(117)86(132)106-62(35-53-40-100-59-21-15-13-19-57(53)59)81(127)111-68(45-118)83(129)110-66(36-54-41-101-60-22-16-14-20-58(54)60)88(134)115(8)72(25-12-10-2)91(137)114(70)7/h13-16,19-22,27-30,40-42,48-50,56,61-73,100-101,118-119H,9-12,17-18,23-26,31-39,43-47H2,1-8H3,(H2,93,120)(H2,94,121)(H2,95,123)(H,98,103)(H,102,125)(H,104,122)(H,105,130)(H,106,132)(H,107,131)(H,108,124)(H,109,128)(H,110,129)(H,111,127)(H,112,126)(H4,96,97,99)/t50-,56+,61-,62-,63-,64-,65-,66-,67?,68-,69-,70-,71-,72-,73?/m0/s1. The van der Waals surface area contributed by atoms with Gasteiger partial charge in [0.2, 0.25) is 106 Å². The summed E-state index contributed by atoms with van der Waals surface area (Å²) < 4.78 is 0. The number of unbranched alkanes of at least 4 members (excludes halogenated alkanes) is 2. The summed E-state index contributed by atoms with van der Waals surface area (Å²) in [5, 5.41) is 60.9. The van der Waals surface area contributed by atoms with Crippen LogP contribution in [0.15, 0.2) is 97.7 Å². The highest BCUT2D eigenvalue weighted by atomic mass is 32.2. The molecule has 3 aliphatic rings. The summed E-state index contributed by atoms with van der Waals surface area (Å²) in [4.78, 5) is 282. The number of nitrogens with zero attached hydrogens (tertiary/aromatic N) is 6. The molecule has 748 valence electrons. The van der Waals surface area contributed by atoms with Gasteiger partial charge >= 0.3 is 0 Å². The van der Waals surface area contributed by atoms with E-state index in [9.17, 15) is 58.2 Å². The maximum absolute atomic E-state index is 15.8. The lowest BCUT2D eigenvalue weighted by molar-refractivity contribution is -0.149. The number of benzene rings is 3. The molecule has 0 aliphatic carbocycles. The van der Waals surface area contributed by atoms with Gasteiger partial charge in [-0.1, -0.05) is 102 Å². The van der Waals surface area contributed by atoms with Crippen molar-refractivity contribution in [3.63, 3.8) is 0 Å². The molecule has 3 aromatic carbocycles. The zero-order valence-corrected chi connectivity index (χ0v) is 79.4. The first-order valence-electron chi connectivity index (χ1n) is 46.1. The minimum absolute atomic E-state index is 0.0188. The zero-order chi connectivity index (χ0) is 101. The Morgan fingerprint density at radius 3 is 1.67 bits per heavy atom. The monoisotopic (exact) mass is 1940 g/mol. The Labute approximate surface area is 801 Å². The number of H-pyrrole nitrogens is 3. The normalized spacial score (nSPS) is 24.5. The molecule has 3 aliphatic heterocycles. The number of amides is 18. The van der Waals surface area contributed by atoms with E-state index in [2.05, 4.69) is 78.4 Å². The predicted octanol–water partition coefficient (Wildman–Crippen LogP) is -3.54. The van der Waals surface area contributed by atoms with Crippen LogP contribution in [-0.2, 0) is 107 Å². The van der Waals surface area contributed by atoms with E-state index in [1.54, 1.807) is 74.8 Å². The highest BCUT2D eigenvalue weighted by molar-refractivity contribution is 8.00. The van der Waals surface area contributed by atoms with Crippen LogP contribution in [0, 0.1) is 11.3 Å². The maximum atomic E-state index is 15.8. The van der Waals surface area contributed by atoms with Gasteiger partial charge in [0.25, 0.3) is 0 Å².